The van der Waals surface area contributed by atoms with Crippen molar-refractivity contribution in [2.75, 3.05) is 13.2 Å². The standard InChI is InChI=1S/C21H40O4/c1-14(2)11-16(18(22)24-12-20(5,6)7)17(15(3)4)19(23)25-13-21(8,9)10/h14-17H,11-13H2,1-10H3. The van der Waals surface area contributed by atoms with Crippen molar-refractivity contribution < 1.29 is 19.1 Å². The number of ether oxygens (including phenoxy) is 2. The third kappa shape index (κ3) is 10.5. The zero-order valence-corrected chi connectivity index (χ0v) is 18.1. The van der Waals surface area contributed by atoms with E-state index >= 15 is 0 Å². The van der Waals surface area contributed by atoms with Crippen molar-refractivity contribution in [2.24, 2.45) is 34.5 Å². The number of hydrogen-bond donors (Lipinski definition) is 0. The van der Waals surface area contributed by atoms with Gasteiger partial charge in [0.2, 0.25) is 0 Å². The summed E-state index contributed by atoms with van der Waals surface area (Å²) >= 11 is 0. The Labute approximate surface area is 155 Å². The highest BCUT2D eigenvalue weighted by Gasteiger charge is 2.39. The van der Waals surface area contributed by atoms with Crippen molar-refractivity contribution in [3.8, 4) is 0 Å². The van der Waals surface area contributed by atoms with Gasteiger partial charge in [-0.25, -0.2) is 0 Å². The molecule has 0 radical (unpaired) electrons. The molecular formula is C21H40O4. The van der Waals surface area contributed by atoms with E-state index in [2.05, 4.69) is 13.8 Å². The minimum Gasteiger partial charge on any atom is -0.465 e. The van der Waals surface area contributed by atoms with Crippen LogP contribution in [0.3, 0.4) is 0 Å². The van der Waals surface area contributed by atoms with Gasteiger partial charge in [0.05, 0.1) is 25.0 Å². The van der Waals surface area contributed by atoms with E-state index in [0.717, 1.165) is 0 Å². The molecule has 4 nitrogen and oxygen atoms in total. The molecule has 2 unspecified atom stereocenters. The summed E-state index contributed by atoms with van der Waals surface area (Å²) in [6.45, 7) is 20.9. The van der Waals surface area contributed by atoms with Crippen molar-refractivity contribution in [1.82, 2.24) is 0 Å². The molecular weight excluding hydrogens is 316 g/mol. The lowest BCUT2D eigenvalue weighted by atomic mass is 9.79. The normalized spacial score (nSPS) is 15.2. The maximum absolute atomic E-state index is 12.7. The first-order valence-electron chi connectivity index (χ1n) is 9.47. The van der Waals surface area contributed by atoms with Crippen molar-refractivity contribution >= 4 is 11.9 Å². The molecule has 4 heteroatoms. The highest BCUT2D eigenvalue weighted by atomic mass is 16.5. The summed E-state index contributed by atoms with van der Waals surface area (Å²) in [5, 5.41) is 0. The van der Waals surface area contributed by atoms with Crippen LogP contribution in [-0.4, -0.2) is 25.2 Å². The first kappa shape index (κ1) is 23.9. The minimum atomic E-state index is -0.475. The van der Waals surface area contributed by atoms with E-state index in [1.165, 1.54) is 0 Å². The second-order valence-corrected chi connectivity index (χ2v) is 10.3. The Morgan fingerprint density at radius 2 is 1.16 bits per heavy atom. The molecule has 0 aliphatic rings. The molecule has 0 aromatic heterocycles. The number of esters is 2. The van der Waals surface area contributed by atoms with Crippen LogP contribution in [0.15, 0.2) is 0 Å². The van der Waals surface area contributed by atoms with Gasteiger partial charge >= 0.3 is 11.9 Å². The molecule has 0 aromatic carbocycles. The molecule has 0 amide bonds. The van der Waals surface area contributed by atoms with Crippen LogP contribution in [0, 0.1) is 34.5 Å². The summed E-state index contributed by atoms with van der Waals surface area (Å²) in [5.74, 6) is -1.20. The third-order valence-corrected chi connectivity index (χ3v) is 3.75. The third-order valence-electron chi connectivity index (χ3n) is 3.75. The van der Waals surface area contributed by atoms with Crippen LogP contribution < -0.4 is 0 Å². The Kier molecular flexibility index (Phi) is 9.18. The first-order valence-corrected chi connectivity index (χ1v) is 9.47. The quantitative estimate of drug-likeness (QED) is 0.568. The average molecular weight is 357 g/mol. The first-order chi connectivity index (χ1) is 11.1. The maximum Gasteiger partial charge on any atom is 0.310 e. The van der Waals surface area contributed by atoms with Crippen LogP contribution in [0.25, 0.3) is 0 Å². The van der Waals surface area contributed by atoms with Gasteiger partial charge in [-0.05, 0) is 29.1 Å². The summed E-state index contributed by atoms with van der Waals surface area (Å²) in [5.41, 5.74) is -0.199. The topological polar surface area (TPSA) is 52.6 Å². The van der Waals surface area contributed by atoms with Gasteiger partial charge in [0.15, 0.2) is 0 Å². The largest absolute Gasteiger partial charge is 0.465 e. The van der Waals surface area contributed by atoms with Gasteiger partial charge < -0.3 is 9.47 Å². The van der Waals surface area contributed by atoms with Gasteiger partial charge in [0.1, 0.15) is 0 Å². The van der Waals surface area contributed by atoms with E-state index in [9.17, 15) is 9.59 Å². The van der Waals surface area contributed by atoms with E-state index in [1.807, 2.05) is 55.4 Å². The fourth-order valence-corrected chi connectivity index (χ4v) is 2.58. The molecule has 0 fully saturated rings. The molecule has 0 spiro atoms. The molecule has 25 heavy (non-hydrogen) atoms. The van der Waals surface area contributed by atoms with Crippen molar-refractivity contribution in [2.45, 2.75) is 75.7 Å². The molecule has 0 N–H and O–H groups in total. The molecule has 0 bridgehead atoms. The lowest BCUT2D eigenvalue weighted by Crippen LogP contribution is -2.38. The molecule has 0 heterocycles. The molecule has 0 aromatic rings. The fraction of sp³-hybridized carbons (Fsp3) is 0.905. The molecule has 0 saturated carbocycles. The Morgan fingerprint density at radius 3 is 1.48 bits per heavy atom. The molecule has 0 saturated heterocycles. The maximum atomic E-state index is 12.7. The lowest BCUT2D eigenvalue weighted by Gasteiger charge is -2.30. The second kappa shape index (κ2) is 9.59. The van der Waals surface area contributed by atoms with Crippen LogP contribution in [-0.2, 0) is 19.1 Å². The highest BCUT2D eigenvalue weighted by Crippen LogP contribution is 2.31. The van der Waals surface area contributed by atoms with Gasteiger partial charge in [-0.1, -0.05) is 69.2 Å². The summed E-state index contributed by atoms with van der Waals surface area (Å²) in [7, 11) is 0. The summed E-state index contributed by atoms with van der Waals surface area (Å²) in [6.07, 6.45) is 0.621. The number of carbonyl (C=O) groups is 2. The van der Waals surface area contributed by atoms with Crippen LogP contribution in [0.2, 0.25) is 0 Å². The zero-order valence-electron chi connectivity index (χ0n) is 18.1. The highest BCUT2D eigenvalue weighted by molar-refractivity contribution is 5.82. The summed E-state index contributed by atoms with van der Waals surface area (Å²) in [6, 6.07) is 0. The van der Waals surface area contributed by atoms with Crippen LogP contribution >= 0.6 is 0 Å². The van der Waals surface area contributed by atoms with E-state index in [-0.39, 0.29) is 28.7 Å². The number of carbonyl (C=O) groups excluding carboxylic acids is 2. The number of hydrogen-bond acceptors (Lipinski definition) is 4. The predicted molar refractivity (Wildman–Crippen MR) is 102 cm³/mol. The Bertz CT molecular complexity index is 424. The lowest BCUT2D eigenvalue weighted by molar-refractivity contribution is -0.166. The van der Waals surface area contributed by atoms with Gasteiger partial charge in [0, 0.05) is 0 Å². The van der Waals surface area contributed by atoms with E-state index < -0.39 is 11.8 Å². The second-order valence-electron chi connectivity index (χ2n) is 10.3. The molecule has 0 aliphatic heterocycles. The Balaban J connectivity index is 5.30. The van der Waals surface area contributed by atoms with Gasteiger partial charge in [-0.15, -0.1) is 0 Å². The van der Waals surface area contributed by atoms with Crippen LogP contribution in [0.5, 0.6) is 0 Å². The molecule has 148 valence electrons. The number of rotatable bonds is 8. The van der Waals surface area contributed by atoms with Crippen molar-refractivity contribution in [3.63, 3.8) is 0 Å². The van der Waals surface area contributed by atoms with Gasteiger partial charge in [-0.3, -0.25) is 9.59 Å². The van der Waals surface area contributed by atoms with E-state index in [4.69, 9.17) is 9.47 Å². The molecule has 0 rings (SSSR count). The van der Waals surface area contributed by atoms with Crippen molar-refractivity contribution in [1.29, 1.82) is 0 Å². The van der Waals surface area contributed by atoms with Crippen LogP contribution in [0.1, 0.15) is 75.7 Å². The zero-order chi connectivity index (χ0) is 20.0. The van der Waals surface area contributed by atoms with Crippen molar-refractivity contribution in [3.05, 3.63) is 0 Å². The Hall–Kier alpha value is -1.06. The van der Waals surface area contributed by atoms with E-state index in [0.29, 0.717) is 25.6 Å². The van der Waals surface area contributed by atoms with E-state index in [1.54, 1.807) is 0 Å². The summed E-state index contributed by atoms with van der Waals surface area (Å²) in [4.78, 5) is 25.5. The Morgan fingerprint density at radius 1 is 0.760 bits per heavy atom. The summed E-state index contributed by atoms with van der Waals surface area (Å²) < 4.78 is 11.1. The van der Waals surface area contributed by atoms with Gasteiger partial charge in [0.25, 0.3) is 0 Å². The molecule has 2 atom stereocenters. The fourth-order valence-electron chi connectivity index (χ4n) is 2.58. The average Bonchev–Trinajstić information content (AvgIpc) is 2.39. The van der Waals surface area contributed by atoms with Gasteiger partial charge in [-0.2, -0.15) is 0 Å². The monoisotopic (exact) mass is 356 g/mol. The minimum absolute atomic E-state index is 0.0124. The van der Waals surface area contributed by atoms with Crippen LogP contribution in [0.4, 0.5) is 0 Å². The SMILES string of the molecule is CC(C)CC(C(=O)OCC(C)(C)C)C(C(=O)OCC(C)(C)C)C(C)C. The predicted octanol–water partition coefficient (Wildman–Crippen LogP) is 5.10. The molecule has 0 aliphatic carbocycles. The smallest absolute Gasteiger partial charge is 0.310 e.